The topological polar surface area (TPSA) is 626 Å². The minimum absolute atomic E-state index is 0.181. The van der Waals surface area contributed by atoms with Crippen LogP contribution in [0.2, 0.25) is 0 Å². The molecule has 15 atom stereocenters. The zero-order chi connectivity index (χ0) is 86.5. The number of hydrogen-bond acceptors (Lipinski definition) is 20. The van der Waals surface area contributed by atoms with Gasteiger partial charge >= 0.3 is 17.9 Å². The lowest BCUT2D eigenvalue weighted by Gasteiger charge is -2.29. The Morgan fingerprint density at radius 1 is 0.371 bits per heavy atom. The Kier molecular flexibility index (Phi) is 36.5. The van der Waals surface area contributed by atoms with Crippen LogP contribution < -0.4 is 74.9 Å². The van der Waals surface area contributed by atoms with Crippen molar-refractivity contribution in [2.45, 2.75) is 218 Å². The molecule has 0 radical (unpaired) electrons. The van der Waals surface area contributed by atoms with E-state index >= 15 is 0 Å². The highest BCUT2D eigenvalue weighted by Crippen LogP contribution is 2.22. The molecule has 2 aromatic heterocycles. The molecule has 0 saturated carbocycles. The molecular formula is C77H106N16O23. The Bertz CT molecular complexity index is 4330. The van der Waals surface area contributed by atoms with Crippen molar-refractivity contribution in [1.29, 1.82) is 0 Å². The first-order valence-corrected chi connectivity index (χ1v) is 37.6. The van der Waals surface area contributed by atoms with Gasteiger partial charge in [-0.2, -0.15) is 0 Å². The summed E-state index contributed by atoms with van der Waals surface area (Å²) in [6, 6.07) is -0.205. The number of benzene rings is 3. The molecule has 116 heavy (non-hydrogen) atoms. The second kappa shape index (κ2) is 44.9. The quantitative estimate of drug-likeness (QED) is 0.0183. The Hall–Kier alpha value is -12.4. The van der Waals surface area contributed by atoms with E-state index in [4.69, 9.17) is 5.73 Å². The number of H-pyrrole nitrogens is 2. The number of aromatic amines is 2. The van der Waals surface area contributed by atoms with Gasteiger partial charge in [-0.15, -0.1) is 0 Å². The zero-order valence-corrected chi connectivity index (χ0v) is 65.8. The normalized spacial score (nSPS) is 15.2. The van der Waals surface area contributed by atoms with Crippen molar-refractivity contribution in [1.82, 2.24) is 79.1 Å². The summed E-state index contributed by atoms with van der Waals surface area (Å²) in [5.74, 6) is -21.3. The van der Waals surface area contributed by atoms with Crippen molar-refractivity contribution in [3.63, 3.8) is 0 Å². The van der Waals surface area contributed by atoms with Gasteiger partial charge in [0.15, 0.2) is 0 Å². The summed E-state index contributed by atoms with van der Waals surface area (Å²) < 4.78 is 0. The van der Waals surface area contributed by atoms with E-state index in [9.17, 15) is 112 Å². The molecule has 0 aliphatic rings. The smallest absolute Gasteiger partial charge is 0.305 e. The molecule has 0 bridgehead atoms. The maximum Gasteiger partial charge on any atom is 0.305 e. The van der Waals surface area contributed by atoms with E-state index in [1.54, 1.807) is 127 Å². The Labute approximate surface area is 666 Å². The lowest BCUT2D eigenvalue weighted by molar-refractivity contribution is -0.142. The van der Waals surface area contributed by atoms with Crippen LogP contribution in [0.1, 0.15) is 124 Å². The van der Waals surface area contributed by atoms with Gasteiger partial charge in [0, 0.05) is 73.2 Å². The number of para-hydroxylation sites is 2. The second-order valence-electron chi connectivity index (χ2n) is 29.3. The third kappa shape index (κ3) is 29.2. The summed E-state index contributed by atoms with van der Waals surface area (Å²) in [4.78, 5) is 237. The summed E-state index contributed by atoms with van der Waals surface area (Å²) in [5, 5.41) is 94.0. The molecule has 14 amide bonds. The summed E-state index contributed by atoms with van der Waals surface area (Å²) in [6.45, 7) is 13.0. The van der Waals surface area contributed by atoms with Crippen molar-refractivity contribution in [2.75, 3.05) is 6.61 Å². The van der Waals surface area contributed by atoms with E-state index in [2.05, 4.69) is 79.1 Å². The molecule has 39 nitrogen and oxygen atoms in total. The maximum absolute atomic E-state index is 14.8. The van der Waals surface area contributed by atoms with Gasteiger partial charge < -0.3 is 115 Å². The van der Waals surface area contributed by atoms with Gasteiger partial charge in [0.2, 0.25) is 82.7 Å². The summed E-state index contributed by atoms with van der Waals surface area (Å²) in [5.41, 5.74) is 8.15. The van der Waals surface area contributed by atoms with Crippen molar-refractivity contribution in [2.24, 2.45) is 23.5 Å². The Balaban J connectivity index is 1.37. The van der Waals surface area contributed by atoms with Crippen LogP contribution in [0.15, 0.2) is 91.3 Å². The number of nitrogens with one attached hydrogen (secondary N) is 15. The molecule has 0 fully saturated rings. The van der Waals surface area contributed by atoms with E-state index in [1.807, 2.05) is 0 Å². The standard InChI is InChI=1S/C77H106N16O23/c1-36(2)28-52(69(108)88-56(32-60(102)103)71(110)86-55(73(112)91-61(37(3)4)65(78)104)31-45-34-80-49-23-17-15-21-47(45)49)85-66(105)39(7)81-67(106)50(24-26-58(98)99)83-68(107)51(25-27-59(100)101)84-70(109)54(30-44-33-79-48-22-16-14-20-46(44)48)87-74(113)57(35-94)90-76(115)64(41(9)96)93-72(111)53(29-43-18-12-11-13-19-43)89-75(114)62(38(5)6)92-77(116)63(40(8)95)82-42(10)97/h11-23,33-34,36-41,50-57,61-64,79-80,94-96H,24-32,35H2,1-10H3,(H2,78,104)(H,81,106)(H,82,97)(H,83,107)(H,84,109)(H,85,105)(H,86,110)(H,87,113)(H,88,108)(H,89,114)(H,90,115)(H,91,112)(H,92,116)(H,93,111)(H,98,99)(H,100,101)(H,102,103)/t39-,40+,41+,50-,51-,52-,53-,54-,55-,56-,57-,61-,62-,63-,64-/m0/s1. The number of nitrogens with two attached hydrogens (primary N) is 1. The molecule has 0 aliphatic carbocycles. The Morgan fingerprint density at radius 2 is 0.724 bits per heavy atom. The predicted octanol–water partition coefficient (Wildman–Crippen LogP) is -3.18. The molecular weight excluding hydrogens is 1520 g/mol. The van der Waals surface area contributed by atoms with Gasteiger partial charge in [-0.05, 0) is 86.6 Å². The average Bonchev–Trinajstić information content (AvgIpc) is 1.64. The van der Waals surface area contributed by atoms with E-state index in [-0.39, 0.29) is 19.3 Å². The maximum atomic E-state index is 14.8. The molecule has 39 heteroatoms. The van der Waals surface area contributed by atoms with Crippen LogP contribution in [0.25, 0.3) is 21.8 Å². The van der Waals surface area contributed by atoms with Gasteiger partial charge in [0.05, 0.1) is 25.2 Å². The van der Waals surface area contributed by atoms with Crippen LogP contribution in [0.3, 0.4) is 0 Å². The number of primary amides is 1. The fourth-order valence-electron chi connectivity index (χ4n) is 12.3. The first kappa shape index (κ1) is 94.2. The van der Waals surface area contributed by atoms with E-state index in [1.165, 1.54) is 13.1 Å². The lowest BCUT2D eigenvalue weighted by atomic mass is 9.99. The fourth-order valence-corrected chi connectivity index (χ4v) is 12.3. The number of amides is 14. The van der Waals surface area contributed by atoms with E-state index in [0.717, 1.165) is 20.8 Å². The van der Waals surface area contributed by atoms with Crippen LogP contribution in [0.5, 0.6) is 0 Å². The molecule has 0 saturated heterocycles. The number of aliphatic hydroxyl groups is 3. The van der Waals surface area contributed by atoms with Crippen molar-refractivity contribution in [3.05, 3.63) is 108 Å². The van der Waals surface area contributed by atoms with Gasteiger partial charge in [0.25, 0.3) is 0 Å². The molecule has 0 unspecified atom stereocenters. The highest BCUT2D eigenvalue weighted by Gasteiger charge is 2.40. The number of aliphatic carboxylic acids is 3. The first-order valence-electron chi connectivity index (χ1n) is 37.6. The largest absolute Gasteiger partial charge is 0.481 e. The molecule has 5 aromatic rings. The number of carbonyl (C=O) groups is 17. The number of aliphatic hydroxyl groups excluding tert-OH is 3. The molecule has 632 valence electrons. The van der Waals surface area contributed by atoms with Gasteiger partial charge in [-0.3, -0.25) is 81.5 Å². The minimum atomic E-state index is -2.02. The number of hydrogen-bond donors (Lipinski definition) is 22. The first-order chi connectivity index (χ1) is 54.6. The molecule has 2 heterocycles. The summed E-state index contributed by atoms with van der Waals surface area (Å²) in [6.07, 6.45) is -5.44. The molecule has 0 spiro atoms. The minimum Gasteiger partial charge on any atom is -0.481 e. The fraction of sp³-hybridized carbons (Fsp3) is 0.494. The number of carbonyl (C=O) groups excluding carboxylic acids is 14. The number of rotatable bonds is 47. The Morgan fingerprint density at radius 3 is 1.17 bits per heavy atom. The summed E-state index contributed by atoms with van der Waals surface area (Å²) >= 11 is 0. The van der Waals surface area contributed by atoms with Crippen LogP contribution in [0, 0.1) is 17.8 Å². The van der Waals surface area contributed by atoms with Crippen molar-refractivity contribution in [3.8, 4) is 0 Å². The number of carboxylic acids is 3. The highest BCUT2D eigenvalue weighted by molar-refractivity contribution is 6.01. The number of aromatic nitrogens is 2. The molecule has 0 aliphatic heterocycles. The van der Waals surface area contributed by atoms with Gasteiger partial charge in [-0.1, -0.05) is 108 Å². The van der Waals surface area contributed by atoms with E-state index < -0.39 is 254 Å². The lowest BCUT2D eigenvalue weighted by Crippen LogP contribution is -2.63. The van der Waals surface area contributed by atoms with Crippen LogP contribution in [-0.2, 0) is 101 Å². The SMILES string of the molecule is CC(=O)N[C@H](C(=O)N[C@H](C(=O)N[C@@H](Cc1ccccc1)C(=O)N[C@H](C(=O)N[C@@H](CO)C(=O)N[C@@H](Cc1c[nH]c2ccccc12)C(=O)N[C@@H](CCC(=O)O)C(=O)N[C@@H](CCC(=O)O)C(=O)N[C@@H](C)C(=O)N[C@@H](CC(C)C)C(=O)N[C@@H](CC(=O)O)C(=O)N[C@@H](Cc1c[nH]c2ccccc12)C(=O)N[C@H](C(N)=O)C(C)C)[C@@H](C)O)C(C)C)[C@@H](C)O. The van der Waals surface area contributed by atoms with Crippen LogP contribution >= 0.6 is 0 Å². The van der Waals surface area contributed by atoms with Gasteiger partial charge in [-0.25, -0.2) is 0 Å². The predicted molar refractivity (Wildman–Crippen MR) is 415 cm³/mol. The van der Waals surface area contributed by atoms with Crippen LogP contribution in [-0.4, -0.2) is 239 Å². The highest BCUT2D eigenvalue weighted by atomic mass is 16.4. The molecule has 3 aromatic carbocycles. The zero-order valence-electron chi connectivity index (χ0n) is 65.8. The number of carboxylic acid groups (broad SMARTS) is 3. The third-order valence-electron chi connectivity index (χ3n) is 18.6. The second-order valence-corrected chi connectivity index (χ2v) is 29.3. The van der Waals surface area contributed by atoms with Crippen LogP contribution in [0.4, 0.5) is 0 Å². The van der Waals surface area contributed by atoms with Crippen molar-refractivity contribution >= 4 is 122 Å². The van der Waals surface area contributed by atoms with Gasteiger partial charge in [0.1, 0.15) is 78.5 Å². The van der Waals surface area contributed by atoms with Crippen molar-refractivity contribution < 1.29 is 112 Å². The summed E-state index contributed by atoms with van der Waals surface area (Å²) in [7, 11) is 0. The third-order valence-corrected chi connectivity index (χ3v) is 18.6. The monoisotopic (exact) mass is 1620 g/mol. The molecule has 23 N–H and O–H groups in total. The van der Waals surface area contributed by atoms with E-state index in [0.29, 0.717) is 38.5 Å². The number of fused-ring (bicyclic) bond motifs is 2. The molecule has 5 rings (SSSR count). The average molecular weight is 1620 g/mol.